The van der Waals surface area contributed by atoms with Crippen molar-refractivity contribution in [2.24, 2.45) is 0 Å². The Labute approximate surface area is 221 Å². The van der Waals surface area contributed by atoms with Gasteiger partial charge in [-0.3, -0.25) is 0 Å². The molecule has 1 aliphatic heterocycles. The number of ether oxygens (including phenoxy) is 2. The summed E-state index contributed by atoms with van der Waals surface area (Å²) in [5.74, 6) is 0. The summed E-state index contributed by atoms with van der Waals surface area (Å²) in [6.45, 7) is 21.0. The molecule has 6 heteroatoms. The molecule has 1 rings (SSSR count). The van der Waals surface area contributed by atoms with Gasteiger partial charge in [-0.1, -0.05) is 103 Å². The second-order valence-corrected chi connectivity index (χ2v) is 8.10. The molecule has 2 atom stereocenters. The van der Waals surface area contributed by atoms with Gasteiger partial charge in [0, 0.05) is 17.1 Å². The van der Waals surface area contributed by atoms with Crippen LogP contribution in [0.3, 0.4) is 0 Å². The van der Waals surface area contributed by atoms with Crippen LogP contribution in [0.2, 0.25) is 0 Å². The van der Waals surface area contributed by atoms with E-state index in [1.165, 1.54) is 96.3 Å². The minimum absolute atomic E-state index is 0. The minimum Gasteiger partial charge on any atom is -0.373 e. The van der Waals surface area contributed by atoms with Crippen molar-refractivity contribution in [2.75, 3.05) is 13.2 Å². The fourth-order valence-corrected chi connectivity index (χ4v) is 3.92. The van der Waals surface area contributed by atoms with E-state index in [1.54, 1.807) is 0 Å². The van der Waals surface area contributed by atoms with Crippen molar-refractivity contribution in [1.29, 1.82) is 0 Å². The van der Waals surface area contributed by atoms with Crippen LogP contribution in [0.5, 0.6) is 0 Å². The molecule has 0 unspecified atom stereocenters. The summed E-state index contributed by atoms with van der Waals surface area (Å²) in [6.07, 6.45) is 28.5. The Hall–Kier alpha value is -0.341. The van der Waals surface area contributed by atoms with Crippen LogP contribution in [-0.4, -0.2) is 25.4 Å². The quantitative estimate of drug-likeness (QED) is 0.0775. The molecule has 1 heterocycles. The summed E-state index contributed by atoms with van der Waals surface area (Å²) in [4.78, 5) is 0. The van der Waals surface area contributed by atoms with Crippen molar-refractivity contribution >= 4 is 0 Å². The second kappa shape index (κ2) is 39.9. The molecule has 0 N–H and O–H groups in total. The molecule has 0 bridgehead atoms. The standard InChI is InChI=1S/C25H46O2.3CO.Fe/c1-3-5-7-8-9-10-11-12-13-14-15-16-17-18-19-21-25-24(20-6-4-2)26-22-23-27-25;3*1-2;/h4,6,20,24-25H,2-3,5,7-19,21-23H2,1H3;;;;/t24-,25+;;;;/m1..../s1. The normalized spacial score (nSPS) is 16.2. The fourth-order valence-electron chi connectivity index (χ4n) is 3.92. The van der Waals surface area contributed by atoms with E-state index in [4.69, 9.17) is 23.4 Å². The van der Waals surface area contributed by atoms with Crippen molar-refractivity contribution in [2.45, 2.75) is 122 Å². The first kappa shape index (κ1) is 40.8. The summed E-state index contributed by atoms with van der Waals surface area (Å²) in [6, 6.07) is 0. The summed E-state index contributed by atoms with van der Waals surface area (Å²) in [5.41, 5.74) is 0. The average molecular weight is 519 g/mol. The van der Waals surface area contributed by atoms with Crippen LogP contribution in [0.25, 0.3) is 0 Å². The predicted octanol–water partition coefficient (Wildman–Crippen LogP) is 7.36. The third-order valence-corrected chi connectivity index (χ3v) is 5.62. The van der Waals surface area contributed by atoms with Crippen molar-refractivity contribution in [1.82, 2.24) is 0 Å². The largest absolute Gasteiger partial charge is 0.373 e. The molecule has 0 saturated carbocycles. The average Bonchev–Trinajstić information content (AvgIpc) is 2.89. The van der Waals surface area contributed by atoms with E-state index in [0.29, 0.717) is 6.61 Å². The Balaban J connectivity index is -0.000000593. The molecule has 0 aromatic heterocycles. The predicted molar refractivity (Wildman–Crippen MR) is 129 cm³/mol. The van der Waals surface area contributed by atoms with E-state index in [9.17, 15) is 0 Å². The number of hydrogen-bond donors (Lipinski definition) is 0. The molecule has 1 aliphatic rings. The molecule has 4 radical (unpaired) electrons. The summed E-state index contributed by atoms with van der Waals surface area (Å²) >= 11 is 0. The van der Waals surface area contributed by atoms with Crippen LogP contribution >= 0.6 is 0 Å². The molecular weight excluding hydrogens is 472 g/mol. The monoisotopic (exact) mass is 518 g/mol. The maximum Gasteiger partial charge on any atom is 0.0872 e. The van der Waals surface area contributed by atoms with Crippen molar-refractivity contribution in [3.05, 3.63) is 46.1 Å². The van der Waals surface area contributed by atoms with Gasteiger partial charge in [-0.05, 0) is 32.6 Å². The van der Waals surface area contributed by atoms with Crippen LogP contribution in [0.4, 0.5) is 0 Å². The van der Waals surface area contributed by atoms with Gasteiger partial charge in [-0.15, -0.1) is 0 Å². The van der Waals surface area contributed by atoms with Crippen molar-refractivity contribution in [3.63, 3.8) is 0 Å². The van der Waals surface area contributed by atoms with Crippen LogP contribution in [-0.2, 0) is 40.5 Å². The maximum atomic E-state index is 7.50. The molecule has 1 saturated heterocycles. The van der Waals surface area contributed by atoms with E-state index < -0.39 is 0 Å². The van der Waals surface area contributed by atoms with Crippen molar-refractivity contribution in [3.8, 4) is 0 Å². The molecule has 34 heavy (non-hydrogen) atoms. The van der Waals surface area contributed by atoms with Crippen LogP contribution in [0, 0.1) is 46.1 Å². The van der Waals surface area contributed by atoms with Crippen LogP contribution < -0.4 is 0 Å². The van der Waals surface area contributed by atoms with Gasteiger partial charge in [0.15, 0.2) is 0 Å². The first-order valence-electron chi connectivity index (χ1n) is 12.5. The number of hydrogen-bond acceptors (Lipinski definition) is 2. The Kier molecular flexibility index (Phi) is 47.8. The fraction of sp³-hybridized carbons (Fsp3) is 0.750. The minimum atomic E-state index is 0. The molecule has 0 aromatic carbocycles. The smallest absolute Gasteiger partial charge is 0.0872 e. The van der Waals surface area contributed by atoms with Gasteiger partial charge in [-0.2, -0.15) is 0 Å². The molecular formula is C28H46FeO5. The zero-order valence-corrected chi connectivity index (χ0v) is 22.3. The molecule has 0 aromatic rings. The maximum absolute atomic E-state index is 7.50. The SMILES string of the molecule is [C-]#[O+].[C-]#[O+].[C-]#[O+].[CH2][CH][CH][CH][C@H]1OCCO[C@H]1CCCCCCCCCCCCCCCCC.[Fe]. The van der Waals surface area contributed by atoms with Crippen molar-refractivity contribution < 1.29 is 40.5 Å². The topological polar surface area (TPSA) is 78.2 Å². The van der Waals surface area contributed by atoms with E-state index >= 15 is 0 Å². The zero-order chi connectivity index (χ0) is 25.4. The number of unbranched alkanes of at least 4 members (excludes halogenated alkanes) is 15. The molecule has 1 fully saturated rings. The molecule has 0 aliphatic carbocycles. The summed E-state index contributed by atoms with van der Waals surface area (Å²) in [5, 5.41) is 0. The van der Waals surface area contributed by atoms with E-state index in [1.807, 2.05) is 12.8 Å². The first-order valence-corrected chi connectivity index (χ1v) is 12.5. The summed E-state index contributed by atoms with van der Waals surface area (Å²) in [7, 11) is 0. The van der Waals surface area contributed by atoms with E-state index in [0.717, 1.165) is 13.0 Å². The van der Waals surface area contributed by atoms with Crippen LogP contribution in [0.1, 0.15) is 110 Å². The van der Waals surface area contributed by atoms with E-state index in [-0.39, 0.29) is 29.3 Å². The molecule has 0 spiro atoms. The van der Waals surface area contributed by atoms with Gasteiger partial charge >= 0.3 is 33.9 Å². The zero-order valence-electron chi connectivity index (χ0n) is 21.2. The van der Waals surface area contributed by atoms with Gasteiger partial charge in [0.2, 0.25) is 0 Å². The summed E-state index contributed by atoms with van der Waals surface area (Å²) < 4.78 is 34.2. The molecule has 196 valence electrons. The molecule has 5 nitrogen and oxygen atoms in total. The Morgan fingerprint density at radius 3 is 1.47 bits per heavy atom. The Bertz CT molecular complexity index is 397. The molecule has 0 amide bonds. The van der Waals surface area contributed by atoms with Crippen LogP contribution in [0.15, 0.2) is 0 Å². The second-order valence-electron chi connectivity index (χ2n) is 8.10. The van der Waals surface area contributed by atoms with Gasteiger partial charge in [0.25, 0.3) is 0 Å². The van der Waals surface area contributed by atoms with Gasteiger partial charge in [0.05, 0.1) is 25.4 Å². The Morgan fingerprint density at radius 1 is 0.676 bits per heavy atom. The van der Waals surface area contributed by atoms with Gasteiger partial charge in [0.1, 0.15) is 0 Å². The number of rotatable bonds is 19. The third kappa shape index (κ3) is 29.7. The Morgan fingerprint density at radius 2 is 1.06 bits per heavy atom. The first-order chi connectivity index (χ1) is 16.4. The van der Waals surface area contributed by atoms with E-state index in [2.05, 4.69) is 40.2 Å². The van der Waals surface area contributed by atoms with Gasteiger partial charge < -0.3 is 9.47 Å². The third-order valence-electron chi connectivity index (χ3n) is 5.62. The van der Waals surface area contributed by atoms with Gasteiger partial charge in [-0.25, -0.2) is 0 Å².